The lowest BCUT2D eigenvalue weighted by atomic mass is 10.1. The summed E-state index contributed by atoms with van der Waals surface area (Å²) in [7, 11) is 0. The van der Waals surface area contributed by atoms with Gasteiger partial charge in [0.2, 0.25) is 0 Å². The number of halogens is 2. The number of ether oxygens (including phenoxy) is 1. The molecule has 3 aromatic carbocycles. The molecule has 1 saturated heterocycles. The lowest BCUT2D eigenvalue weighted by molar-refractivity contribution is 0.0698. The molecular weight excluding hydrogens is 511 g/mol. The molecule has 0 bridgehead atoms. The summed E-state index contributed by atoms with van der Waals surface area (Å²) in [6.45, 7) is 0.211. The second-order valence-electron chi connectivity index (χ2n) is 7.77. The van der Waals surface area contributed by atoms with Gasteiger partial charge in [0.15, 0.2) is 0 Å². The number of rotatable bonds is 5. The minimum Gasteiger partial charge on any atom is -0.478 e. The molecule has 1 atom stereocenters. The Labute approximate surface area is 213 Å². The third-order valence-corrected chi connectivity index (χ3v) is 7.51. The first-order valence-corrected chi connectivity index (χ1v) is 12.0. The topological polar surface area (TPSA) is 95.9 Å². The van der Waals surface area contributed by atoms with Crippen molar-refractivity contribution in [3.8, 4) is 0 Å². The van der Waals surface area contributed by atoms with E-state index in [4.69, 9.17) is 27.9 Å². The number of hydrogen-bond acceptors (Lipinski definition) is 5. The molecule has 7 nitrogen and oxygen atoms in total. The Kier molecular flexibility index (Phi) is 6.10. The number of fused-ring (bicyclic) bond motifs is 1. The van der Waals surface area contributed by atoms with Crippen molar-refractivity contribution in [1.29, 1.82) is 0 Å². The van der Waals surface area contributed by atoms with Gasteiger partial charge < -0.3 is 15.2 Å². The molecule has 1 aliphatic heterocycles. The van der Waals surface area contributed by atoms with Gasteiger partial charge in [0.05, 0.1) is 22.8 Å². The van der Waals surface area contributed by atoms with E-state index >= 15 is 0 Å². The van der Waals surface area contributed by atoms with Crippen LogP contribution in [0.15, 0.2) is 66.7 Å². The zero-order valence-corrected chi connectivity index (χ0v) is 20.2. The maximum absolute atomic E-state index is 13.0. The fourth-order valence-corrected chi connectivity index (χ4v) is 5.39. The van der Waals surface area contributed by atoms with Crippen molar-refractivity contribution in [3.05, 3.63) is 92.8 Å². The predicted octanol–water partition coefficient (Wildman–Crippen LogP) is 6.86. The summed E-state index contributed by atoms with van der Waals surface area (Å²) in [5, 5.41) is 13.9. The third kappa shape index (κ3) is 4.43. The molecule has 10 heteroatoms. The summed E-state index contributed by atoms with van der Waals surface area (Å²) in [6, 6.07) is 18.6. The van der Waals surface area contributed by atoms with E-state index in [1.54, 1.807) is 24.3 Å². The summed E-state index contributed by atoms with van der Waals surface area (Å²) < 4.78 is 6.33. The highest BCUT2D eigenvalue weighted by atomic mass is 35.5. The molecule has 1 fully saturated rings. The fourth-order valence-electron chi connectivity index (χ4n) is 3.85. The van der Waals surface area contributed by atoms with Crippen LogP contribution in [0.4, 0.5) is 16.2 Å². The monoisotopic (exact) mass is 526 g/mol. The average molecular weight is 527 g/mol. The van der Waals surface area contributed by atoms with Crippen LogP contribution in [0, 0.1) is 0 Å². The lowest BCUT2D eigenvalue weighted by Gasteiger charge is -2.16. The van der Waals surface area contributed by atoms with Crippen molar-refractivity contribution in [2.75, 3.05) is 16.8 Å². The van der Waals surface area contributed by atoms with Crippen LogP contribution in [-0.4, -0.2) is 29.6 Å². The Balaban J connectivity index is 1.44. The second-order valence-corrected chi connectivity index (χ2v) is 9.63. The zero-order chi connectivity index (χ0) is 24.7. The highest BCUT2D eigenvalue weighted by molar-refractivity contribution is 7.21. The number of nitrogens with zero attached hydrogens (tertiary/aromatic N) is 1. The molecule has 2 amide bonds. The molecule has 2 N–H and O–H groups in total. The molecule has 0 spiro atoms. The van der Waals surface area contributed by atoms with Gasteiger partial charge in [-0.1, -0.05) is 53.5 Å². The van der Waals surface area contributed by atoms with Crippen molar-refractivity contribution in [2.24, 2.45) is 0 Å². The van der Waals surface area contributed by atoms with Crippen LogP contribution in [0.3, 0.4) is 0 Å². The second kappa shape index (κ2) is 9.22. The van der Waals surface area contributed by atoms with Gasteiger partial charge in [-0.2, -0.15) is 0 Å². The molecule has 2 heterocycles. The van der Waals surface area contributed by atoms with E-state index in [1.165, 1.54) is 34.4 Å². The Morgan fingerprint density at radius 2 is 1.80 bits per heavy atom. The number of carboxylic acids is 1. The summed E-state index contributed by atoms with van der Waals surface area (Å²) >= 11 is 13.6. The molecule has 5 rings (SSSR count). The first-order valence-electron chi connectivity index (χ1n) is 10.4. The molecule has 0 radical (unpaired) electrons. The van der Waals surface area contributed by atoms with Crippen LogP contribution in [-0.2, 0) is 4.74 Å². The van der Waals surface area contributed by atoms with Gasteiger partial charge in [-0.05, 0) is 42.0 Å². The molecule has 35 heavy (non-hydrogen) atoms. The number of carboxylic acid groups (broad SMARTS) is 1. The molecule has 0 saturated carbocycles. The van der Waals surface area contributed by atoms with Crippen molar-refractivity contribution in [2.45, 2.75) is 6.10 Å². The number of amides is 2. The molecule has 4 aromatic rings. The van der Waals surface area contributed by atoms with E-state index in [9.17, 15) is 19.5 Å². The first-order chi connectivity index (χ1) is 16.8. The Bertz CT molecular complexity index is 1490. The van der Waals surface area contributed by atoms with Gasteiger partial charge in [-0.15, -0.1) is 11.3 Å². The summed E-state index contributed by atoms with van der Waals surface area (Å²) in [4.78, 5) is 39.1. The SMILES string of the molecule is O=C(O)c1ccc(N2C[C@@H](c3ccc(Cl)cc3)OC2=O)cc1NC(=O)c1sc2ccccc2c1Cl. The van der Waals surface area contributed by atoms with Gasteiger partial charge in [0.25, 0.3) is 5.91 Å². The maximum Gasteiger partial charge on any atom is 0.415 e. The van der Waals surface area contributed by atoms with Crippen molar-refractivity contribution >= 4 is 74.0 Å². The number of hydrogen-bond donors (Lipinski definition) is 2. The quantitative estimate of drug-likeness (QED) is 0.296. The van der Waals surface area contributed by atoms with Gasteiger partial charge in [0.1, 0.15) is 11.0 Å². The van der Waals surface area contributed by atoms with Gasteiger partial charge in [-0.25, -0.2) is 9.59 Å². The number of anilines is 2. The average Bonchev–Trinajstić information content (AvgIpc) is 3.39. The fraction of sp³-hybridized carbons (Fsp3) is 0.0800. The van der Waals surface area contributed by atoms with E-state index < -0.39 is 24.1 Å². The van der Waals surface area contributed by atoms with Crippen molar-refractivity contribution < 1.29 is 24.2 Å². The number of aromatic carboxylic acids is 1. The first kappa shape index (κ1) is 23.2. The zero-order valence-electron chi connectivity index (χ0n) is 17.8. The minimum atomic E-state index is -1.22. The Hall–Kier alpha value is -3.59. The highest BCUT2D eigenvalue weighted by Crippen LogP contribution is 2.37. The maximum atomic E-state index is 13.0. The number of carbonyl (C=O) groups is 3. The van der Waals surface area contributed by atoms with E-state index in [-0.39, 0.29) is 22.7 Å². The summed E-state index contributed by atoms with van der Waals surface area (Å²) in [5.74, 6) is -1.77. The van der Waals surface area contributed by atoms with E-state index in [2.05, 4.69) is 5.32 Å². The predicted molar refractivity (Wildman–Crippen MR) is 136 cm³/mol. The lowest BCUT2D eigenvalue weighted by Crippen LogP contribution is -2.24. The largest absolute Gasteiger partial charge is 0.478 e. The normalized spacial score (nSPS) is 15.3. The van der Waals surface area contributed by atoms with Gasteiger partial charge in [0, 0.05) is 20.8 Å². The number of cyclic esters (lactones) is 1. The Morgan fingerprint density at radius 3 is 2.51 bits per heavy atom. The summed E-state index contributed by atoms with van der Waals surface area (Å²) in [5.41, 5.74) is 1.08. The molecular formula is C25H16Cl2N2O5S. The van der Waals surface area contributed by atoms with Crippen molar-refractivity contribution in [3.63, 3.8) is 0 Å². The van der Waals surface area contributed by atoms with E-state index in [1.807, 2.05) is 24.3 Å². The van der Waals surface area contributed by atoms with Crippen LogP contribution < -0.4 is 10.2 Å². The van der Waals surface area contributed by atoms with Gasteiger partial charge >= 0.3 is 12.1 Å². The van der Waals surface area contributed by atoms with Crippen molar-refractivity contribution in [1.82, 2.24) is 0 Å². The molecule has 1 aromatic heterocycles. The van der Waals surface area contributed by atoms with E-state index in [0.717, 1.165) is 15.6 Å². The number of nitrogens with one attached hydrogen (secondary N) is 1. The number of thiophene rings is 1. The molecule has 0 unspecified atom stereocenters. The van der Waals surface area contributed by atoms with Crippen LogP contribution in [0.5, 0.6) is 0 Å². The van der Waals surface area contributed by atoms with Crippen LogP contribution in [0.1, 0.15) is 31.7 Å². The smallest absolute Gasteiger partial charge is 0.415 e. The highest BCUT2D eigenvalue weighted by Gasteiger charge is 2.34. The molecule has 176 valence electrons. The molecule has 1 aliphatic rings. The summed E-state index contributed by atoms with van der Waals surface area (Å²) in [6.07, 6.45) is -1.10. The third-order valence-electron chi connectivity index (χ3n) is 5.59. The van der Waals surface area contributed by atoms with Crippen LogP contribution in [0.2, 0.25) is 10.0 Å². The Morgan fingerprint density at radius 1 is 1.06 bits per heavy atom. The minimum absolute atomic E-state index is 0.0382. The number of carbonyl (C=O) groups excluding carboxylic acids is 2. The van der Waals surface area contributed by atoms with E-state index in [0.29, 0.717) is 15.7 Å². The molecule has 0 aliphatic carbocycles. The number of benzene rings is 3. The van der Waals surface area contributed by atoms with Gasteiger partial charge in [-0.3, -0.25) is 9.69 Å². The van der Waals surface area contributed by atoms with Crippen LogP contribution >= 0.6 is 34.5 Å². The standard InChI is InChI=1S/C25H16Cl2N2O5S/c26-14-7-5-13(6-8-14)19-12-29(25(33)34-19)15-9-10-16(24(31)32)18(11-15)28-23(30)22-21(27)17-3-1-2-4-20(17)35-22/h1-11,19H,12H2,(H,28,30)(H,31,32)/t19-/m0/s1. The van der Waals surface area contributed by atoms with Crippen LogP contribution in [0.25, 0.3) is 10.1 Å².